The van der Waals surface area contributed by atoms with Crippen LogP contribution in [0.2, 0.25) is 0 Å². The Labute approximate surface area is 118 Å². The van der Waals surface area contributed by atoms with Crippen LogP contribution in [0.25, 0.3) is 0 Å². The van der Waals surface area contributed by atoms with E-state index in [-0.39, 0.29) is 6.04 Å². The third-order valence-electron chi connectivity index (χ3n) is 3.67. The number of hydrogen-bond donors (Lipinski definition) is 1. The monoisotopic (exact) mass is 286 g/mol. The Morgan fingerprint density at radius 3 is 2.75 bits per heavy atom. The third kappa shape index (κ3) is 3.66. The number of nitrogens with one attached hydrogen (secondary N) is 1. The van der Waals surface area contributed by atoms with E-state index in [1.54, 1.807) is 12.1 Å². The molecule has 0 aliphatic carbocycles. The zero-order valence-corrected chi connectivity index (χ0v) is 11.7. The van der Waals surface area contributed by atoms with Gasteiger partial charge in [-0.2, -0.15) is 13.2 Å². The van der Waals surface area contributed by atoms with Gasteiger partial charge in [-0.25, -0.2) is 0 Å². The lowest BCUT2D eigenvalue weighted by atomic mass is 10.1. The van der Waals surface area contributed by atoms with E-state index in [1.807, 2.05) is 4.90 Å². The molecule has 0 bridgehead atoms. The first-order valence-corrected chi connectivity index (χ1v) is 7.17. The molecule has 20 heavy (non-hydrogen) atoms. The standard InChI is InChI=1S/C15H21F3N2/c1-2-6-12-11-20(10-5-9-19-12)14-8-4-3-7-13(14)15(16,17)18/h3-4,7-8,12,19H,2,5-6,9-11H2,1H3. The van der Waals surface area contributed by atoms with Gasteiger partial charge in [0, 0.05) is 24.8 Å². The molecule has 1 atom stereocenters. The molecule has 1 aliphatic heterocycles. The summed E-state index contributed by atoms with van der Waals surface area (Å²) in [5.41, 5.74) is -0.220. The Bertz CT molecular complexity index is 431. The molecule has 1 saturated heterocycles. The van der Waals surface area contributed by atoms with Crippen molar-refractivity contribution in [1.29, 1.82) is 0 Å². The van der Waals surface area contributed by atoms with E-state index >= 15 is 0 Å². The molecular formula is C15H21F3N2. The normalized spacial score (nSPS) is 20.8. The van der Waals surface area contributed by atoms with Crippen molar-refractivity contribution in [1.82, 2.24) is 5.32 Å². The highest BCUT2D eigenvalue weighted by atomic mass is 19.4. The second kappa shape index (κ2) is 6.48. The Balaban J connectivity index is 2.25. The van der Waals surface area contributed by atoms with Crippen molar-refractivity contribution in [3.05, 3.63) is 29.8 Å². The van der Waals surface area contributed by atoms with Crippen LogP contribution in [0.15, 0.2) is 24.3 Å². The Morgan fingerprint density at radius 1 is 1.30 bits per heavy atom. The van der Waals surface area contributed by atoms with E-state index in [0.29, 0.717) is 18.8 Å². The maximum absolute atomic E-state index is 13.1. The second-order valence-corrected chi connectivity index (χ2v) is 5.25. The maximum Gasteiger partial charge on any atom is 0.418 e. The van der Waals surface area contributed by atoms with Crippen molar-refractivity contribution in [3.8, 4) is 0 Å². The molecule has 0 saturated carbocycles. The van der Waals surface area contributed by atoms with Crippen LogP contribution < -0.4 is 10.2 Å². The highest BCUT2D eigenvalue weighted by Gasteiger charge is 2.35. The van der Waals surface area contributed by atoms with Gasteiger partial charge in [0.25, 0.3) is 0 Å². The number of nitrogens with zero attached hydrogens (tertiary/aromatic N) is 1. The Kier molecular flexibility index (Phi) is 4.91. The predicted octanol–water partition coefficient (Wildman–Crippen LogP) is 3.67. The van der Waals surface area contributed by atoms with E-state index in [4.69, 9.17) is 0 Å². The first-order valence-electron chi connectivity index (χ1n) is 7.17. The first kappa shape index (κ1) is 15.2. The molecule has 112 valence electrons. The van der Waals surface area contributed by atoms with Gasteiger partial charge in [0.2, 0.25) is 0 Å². The van der Waals surface area contributed by atoms with Crippen LogP contribution in [0.3, 0.4) is 0 Å². The summed E-state index contributed by atoms with van der Waals surface area (Å²) in [6.45, 7) is 4.27. The van der Waals surface area contributed by atoms with Gasteiger partial charge in [-0.3, -0.25) is 0 Å². The highest BCUT2D eigenvalue weighted by Crippen LogP contribution is 2.36. The van der Waals surface area contributed by atoms with Crippen molar-refractivity contribution in [2.75, 3.05) is 24.5 Å². The minimum absolute atomic E-state index is 0.267. The SMILES string of the molecule is CCCC1CN(c2ccccc2C(F)(F)F)CCCN1. The van der Waals surface area contributed by atoms with Crippen molar-refractivity contribution < 1.29 is 13.2 Å². The smallest absolute Gasteiger partial charge is 0.369 e. The summed E-state index contributed by atoms with van der Waals surface area (Å²) < 4.78 is 39.3. The molecule has 1 aliphatic rings. The zero-order chi connectivity index (χ0) is 14.6. The summed E-state index contributed by atoms with van der Waals surface area (Å²) >= 11 is 0. The van der Waals surface area contributed by atoms with Gasteiger partial charge < -0.3 is 10.2 Å². The lowest BCUT2D eigenvalue weighted by Crippen LogP contribution is -2.38. The molecule has 0 radical (unpaired) electrons. The summed E-state index contributed by atoms with van der Waals surface area (Å²) in [4.78, 5) is 1.88. The molecule has 5 heteroatoms. The number of para-hydroxylation sites is 1. The van der Waals surface area contributed by atoms with Gasteiger partial charge in [-0.15, -0.1) is 0 Å². The van der Waals surface area contributed by atoms with E-state index in [9.17, 15) is 13.2 Å². The van der Waals surface area contributed by atoms with Crippen molar-refractivity contribution in [3.63, 3.8) is 0 Å². The third-order valence-corrected chi connectivity index (χ3v) is 3.67. The summed E-state index contributed by atoms with van der Waals surface area (Å²) in [6.07, 6.45) is -1.40. The average molecular weight is 286 g/mol. The Morgan fingerprint density at radius 2 is 2.05 bits per heavy atom. The molecule has 1 heterocycles. The molecule has 0 spiro atoms. The minimum Gasteiger partial charge on any atom is -0.369 e. The predicted molar refractivity (Wildman–Crippen MR) is 75.0 cm³/mol. The van der Waals surface area contributed by atoms with E-state index in [1.165, 1.54) is 12.1 Å². The van der Waals surface area contributed by atoms with Crippen LogP contribution in [0.1, 0.15) is 31.7 Å². The quantitative estimate of drug-likeness (QED) is 0.912. The first-order chi connectivity index (χ1) is 9.52. The number of rotatable bonds is 3. The summed E-state index contributed by atoms with van der Waals surface area (Å²) in [5.74, 6) is 0. The fourth-order valence-electron chi connectivity index (χ4n) is 2.75. The van der Waals surface area contributed by atoms with Crippen LogP contribution >= 0.6 is 0 Å². The molecule has 1 unspecified atom stereocenters. The largest absolute Gasteiger partial charge is 0.418 e. The number of alkyl halides is 3. The molecule has 2 nitrogen and oxygen atoms in total. The molecule has 1 N–H and O–H groups in total. The van der Waals surface area contributed by atoms with Crippen molar-refractivity contribution in [2.24, 2.45) is 0 Å². The molecular weight excluding hydrogens is 265 g/mol. The molecule has 1 aromatic rings. The van der Waals surface area contributed by atoms with Crippen LogP contribution in [0, 0.1) is 0 Å². The maximum atomic E-state index is 13.1. The summed E-state index contributed by atoms with van der Waals surface area (Å²) in [7, 11) is 0. The van der Waals surface area contributed by atoms with Gasteiger partial charge in [-0.05, 0) is 31.5 Å². The second-order valence-electron chi connectivity index (χ2n) is 5.25. The summed E-state index contributed by atoms with van der Waals surface area (Å²) in [5, 5.41) is 3.42. The lowest BCUT2D eigenvalue weighted by molar-refractivity contribution is -0.137. The van der Waals surface area contributed by atoms with Gasteiger partial charge in [0.1, 0.15) is 0 Å². The number of halogens is 3. The highest BCUT2D eigenvalue weighted by molar-refractivity contribution is 5.55. The van der Waals surface area contributed by atoms with Crippen molar-refractivity contribution >= 4 is 5.69 Å². The molecule has 0 amide bonds. The van der Waals surface area contributed by atoms with Gasteiger partial charge in [-0.1, -0.05) is 25.5 Å². The number of anilines is 1. The van der Waals surface area contributed by atoms with Gasteiger partial charge in [0.15, 0.2) is 0 Å². The molecule has 1 fully saturated rings. The van der Waals surface area contributed by atoms with E-state index < -0.39 is 11.7 Å². The minimum atomic E-state index is -4.30. The number of benzene rings is 1. The van der Waals surface area contributed by atoms with E-state index in [2.05, 4.69) is 12.2 Å². The van der Waals surface area contributed by atoms with Crippen LogP contribution in [-0.2, 0) is 6.18 Å². The van der Waals surface area contributed by atoms with Gasteiger partial charge in [0.05, 0.1) is 5.56 Å². The average Bonchev–Trinajstić information content (AvgIpc) is 2.64. The van der Waals surface area contributed by atoms with Gasteiger partial charge >= 0.3 is 6.18 Å². The Hall–Kier alpha value is -1.23. The topological polar surface area (TPSA) is 15.3 Å². The molecule has 0 aromatic heterocycles. The zero-order valence-electron chi connectivity index (χ0n) is 11.7. The van der Waals surface area contributed by atoms with Crippen LogP contribution in [-0.4, -0.2) is 25.7 Å². The molecule has 2 rings (SSSR count). The summed E-state index contributed by atoms with van der Waals surface area (Å²) in [6, 6.07) is 6.15. The molecule has 1 aromatic carbocycles. The van der Waals surface area contributed by atoms with Crippen molar-refractivity contribution in [2.45, 2.75) is 38.4 Å². The fourth-order valence-corrected chi connectivity index (χ4v) is 2.75. The number of hydrogen-bond acceptors (Lipinski definition) is 2. The fraction of sp³-hybridized carbons (Fsp3) is 0.600. The lowest BCUT2D eigenvalue weighted by Gasteiger charge is -2.28. The van der Waals surface area contributed by atoms with E-state index in [0.717, 1.165) is 25.8 Å². The van der Waals surface area contributed by atoms with Crippen LogP contribution in [0.4, 0.5) is 18.9 Å². The van der Waals surface area contributed by atoms with Crippen LogP contribution in [0.5, 0.6) is 0 Å².